The van der Waals surface area contributed by atoms with E-state index in [2.05, 4.69) is 4.90 Å². The summed E-state index contributed by atoms with van der Waals surface area (Å²) in [7, 11) is 3.99. The molecule has 1 saturated carbocycles. The number of halogens is 1. The highest BCUT2D eigenvalue weighted by Gasteiger charge is 2.22. The minimum absolute atomic E-state index is 0.288. The zero-order chi connectivity index (χ0) is 15.1. The van der Waals surface area contributed by atoms with E-state index in [1.54, 1.807) is 0 Å². The smallest absolute Gasteiger partial charge is 0.246 e. The van der Waals surface area contributed by atoms with Gasteiger partial charge in [0.25, 0.3) is 0 Å². The van der Waals surface area contributed by atoms with E-state index in [1.165, 1.54) is 32.1 Å². The Bertz CT molecular complexity index is 346. The van der Waals surface area contributed by atoms with Gasteiger partial charge in [-0.3, -0.25) is 4.79 Å². The number of nitrogens with two attached hydrogens (primary N) is 1. The molecule has 5 heteroatoms. The summed E-state index contributed by atoms with van der Waals surface area (Å²) in [4.78, 5) is 13.3. The van der Waals surface area contributed by atoms with Gasteiger partial charge in [0.05, 0.1) is 18.6 Å². The molecule has 1 saturated heterocycles. The van der Waals surface area contributed by atoms with E-state index in [9.17, 15) is 4.79 Å². The molecule has 1 heterocycles. The van der Waals surface area contributed by atoms with Gasteiger partial charge in [0, 0.05) is 25.4 Å². The fourth-order valence-corrected chi connectivity index (χ4v) is 2.84. The van der Waals surface area contributed by atoms with Crippen LogP contribution in [0.2, 0.25) is 0 Å². The van der Waals surface area contributed by atoms with Gasteiger partial charge in [-0.05, 0) is 25.7 Å². The Morgan fingerprint density at radius 3 is 2.15 bits per heavy atom. The number of primary amides is 1. The summed E-state index contributed by atoms with van der Waals surface area (Å²) in [5.41, 5.74) is 7.23. The van der Waals surface area contributed by atoms with E-state index in [0.717, 1.165) is 17.9 Å². The number of alkyl halides is 1. The number of allylic oxidation sites excluding steroid dienone is 1. The summed E-state index contributed by atoms with van der Waals surface area (Å²) in [5, 5.41) is 0. The maximum atomic E-state index is 11.2. The molecule has 2 fully saturated rings. The first-order valence-electron chi connectivity index (χ1n) is 7.32. The van der Waals surface area contributed by atoms with Crippen molar-refractivity contribution >= 4 is 17.5 Å². The van der Waals surface area contributed by atoms with Crippen LogP contribution < -0.4 is 5.73 Å². The fourth-order valence-electron chi connectivity index (χ4n) is 2.67. The molecule has 2 rings (SSSR count). The van der Waals surface area contributed by atoms with Crippen LogP contribution in [0.3, 0.4) is 0 Å². The summed E-state index contributed by atoms with van der Waals surface area (Å²) in [6, 6.07) is 0. The molecule has 20 heavy (non-hydrogen) atoms. The summed E-state index contributed by atoms with van der Waals surface area (Å²) in [5.74, 6) is 0.908. The van der Waals surface area contributed by atoms with E-state index < -0.39 is 0 Å². The molecule has 0 spiro atoms. The minimum Gasteiger partial charge on any atom is -0.380 e. The Labute approximate surface area is 127 Å². The predicted octanol–water partition coefficient (Wildman–Crippen LogP) is 2.51. The highest BCUT2D eigenvalue weighted by Crippen LogP contribution is 2.32. The van der Waals surface area contributed by atoms with Gasteiger partial charge in [-0.2, -0.15) is 0 Å². The number of rotatable bonds is 4. The van der Waals surface area contributed by atoms with Crippen molar-refractivity contribution in [2.24, 2.45) is 11.7 Å². The van der Waals surface area contributed by atoms with E-state index in [-0.39, 0.29) is 5.91 Å². The van der Waals surface area contributed by atoms with Crippen molar-refractivity contribution < 1.29 is 9.53 Å². The Morgan fingerprint density at radius 1 is 1.30 bits per heavy atom. The molecule has 4 nitrogen and oxygen atoms in total. The molecular formula is C15H27ClN2O2. The summed E-state index contributed by atoms with van der Waals surface area (Å²) >= 11 is 5.27. The molecular weight excluding hydrogens is 276 g/mol. The molecule has 0 radical (unpaired) electrons. The lowest BCUT2D eigenvalue weighted by molar-refractivity contribution is -0.114. The fraction of sp³-hybridized carbons (Fsp3) is 0.800. The second-order valence-electron chi connectivity index (χ2n) is 5.71. The molecule has 1 aliphatic carbocycles. The predicted molar refractivity (Wildman–Crippen MR) is 82.6 cm³/mol. The van der Waals surface area contributed by atoms with E-state index in [0.29, 0.717) is 17.9 Å². The second-order valence-corrected chi connectivity index (χ2v) is 6.02. The summed E-state index contributed by atoms with van der Waals surface area (Å²) in [6.07, 6.45) is 6.65. The summed E-state index contributed by atoms with van der Waals surface area (Å²) < 4.78 is 4.73. The van der Waals surface area contributed by atoms with E-state index in [1.807, 2.05) is 21.0 Å². The van der Waals surface area contributed by atoms with Crippen molar-refractivity contribution in [1.82, 2.24) is 4.90 Å². The first-order chi connectivity index (χ1) is 9.47. The first kappa shape index (κ1) is 17.3. The zero-order valence-corrected chi connectivity index (χ0v) is 13.6. The van der Waals surface area contributed by atoms with Crippen LogP contribution in [0.5, 0.6) is 0 Å². The number of ether oxygens (including phenoxy) is 1. The summed E-state index contributed by atoms with van der Waals surface area (Å²) in [6.45, 7) is 2.72. The van der Waals surface area contributed by atoms with Gasteiger partial charge >= 0.3 is 0 Å². The van der Waals surface area contributed by atoms with Crippen LogP contribution in [-0.4, -0.2) is 43.5 Å². The van der Waals surface area contributed by atoms with E-state index in [4.69, 9.17) is 22.1 Å². The third kappa shape index (κ3) is 5.71. The van der Waals surface area contributed by atoms with Crippen LogP contribution in [0.25, 0.3) is 0 Å². The lowest BCUT2D eigenvalue weighted by atomic mass is 9.85. The number of carbonyl (C=O) groups excluding carboxylic acids is 1. The number of hydrogen-bond donors (Lipinski definition) is 1. The quantitative estimate of drug-likeness (QED) is 0.493. The average Bonchev–Trinajstić information content (AvgIpc) is 3.24. The van der Waals surface area contributed by atoms with Crippen LogP contribution >= 0.6 is 11.6 Å². The van der Waals surface area contributed by atoms with Gasteiger partial charge in [-0.1, -0.05) is 19.3 Å². The van der Waals surface area contributed by atoms with Crippen LogP contribution in [0, 0.1) is 5.92 Å². The molecule has 0 bridgehead atoms. The SMILES string of the molecule is CC(C(N)=O)=C(C1CCCCC1)N(C)C.ClCC1CO1. The lowest BCUT2D eigenvalue weighted by Gasteiger charge is -2.30. The van der Waals surface area contributed by atoms with Crippen LogP contribution in [0.1, 0.15) is 39.0 Å². The highest BCUT2D eigenvalue weighted by atomic mass is 35.5. The van der Waals surface area contributed by atoms with Gasteiger partial charge in [0.15, 0.2) is 0 Å². The van der Waals surface area contributed by atoms with Gasteiger partial charge < -0.3 is 15.4 Å². The highest BCUT2D eigenvalue weighted by molar-refractivity contribution is 6.18. The van der Waals surface area contributed by atoms with Crippen LogP contribution in [0.15, 0.2) is 11.3 Å². The first-order valence-corrected chi connectivity index (χ1v) is 7.86. The minimum atomic E-state index is -0.288. The van der Waals surface area contributed by atoms with Gasteiger partial charge in [-0.25, -0.2) is 0 Å². The number of amides is 1. The normalized spacial score (nSPS) is 23.3. The second kappa shape index (κ2) is 8.53. The molecule has 2 aliphatic rings. The molecule has 2 N–H and O–H groups in total. The van der Waals surface area contributed by atoms with Crippen molar-refractivity contribution in [3.63, 3.8) is 0 Å². The molecule has 1 aliphatic heterocycles. The zero-order valence-electron chi connectivity index (χ0n) is 12.8. The van der Waals surface area contributed by atoms with Gasteiger partial charge in [0.2, 0.25) is 5.91 Å². The Hall–Kier alpha value is -0.740. The largest absolute Gasteiger partial charge is 0.380 e. The van der Waals surface area contributed by atoms with Crippen molar-refractivity contribution in [1.29, 1.82) is 0 Å². The molecule has 1 amide bonds. The van der Waals surface area contributed by atoms with Gasteiger partial charge in [-0.15, -0.1) is 11.6 Å². The molecule has 0 aromatic heterocycles. The number of hydrogen-bond acceptors (Lipinski definition) is 3. The average molecular weight is 303 g/mol. The molecule has 0 aromatic carbocycles. The molecule has 1 unspecified atom stereocenters. The Kier molecular flexibility index (Phi) is 7.38. The number of nitrogens with zero attached hydrogens (tertiary/aromatic N) is 1. The van der Waals surface area contributed by atoms with Crippen LogP contribution in [0.4, 0.5) is 0 Å². The van der Waals surface area contributed by atoms with E-state index >= 15 is 0 Å². The van der Waals surface area contributed by atoms with Crippen molar-refractivity contribution in [2.45, 2.75) is 45.1 Å². The topological polar surface area (TPSA) is 58.9 Å². The van der Waals surface area contributed by atoms with Crippen LogP contribution in [-0.2, 0) is 9.53 Å². The number of carbonyl (C=O) groups is 1. The maximum absolute atomic E-state index is 11.2. The van der Waals surface area contributed by atoms with Gasteiger partial charge in [0.1, 0.15) is 0 Å². The molecule has 0 aromatic rings. The lowest BCUT2D eigenvalue weighted by Crippen LogP contribution is -2.27. The van der Waals surface area contributed by atoms with Crippen molar-refractivity contribution in [3.05, 3.63) is 11.3 Å². The number of epoxide rings is 1. The maximum Gasteiger partial charge on any atom is 0.246 e. The van der Waals surface area contributed by atoms with Crippen molar-refractivity contribution in [2.75, 3.05) is 26.6 Å². The molecule has 116 valence electrons. The third-order valence-electron chi connectivity index (χ3n) is 3.80. The standard InChI is InChI=1S/C12H22N2O.C3H5ClO/c1-9(12(13)15)11(14(2)3)10-7-5-4-6-8-10;4-1-3-2-5-3/h10H,4-8H2,1-3H3,(H2,13,15);3H,1-2H2. The molecule has 1 atom stereocenters. The third-order valence-corrected chi connectivity index (χ3v) is 4.15. The van der Waals surface area contributed by atoms with Crippen molar-refractivity contribution in [3.8, 4) is 0 Å². The monoisotopic (exact) mass is 302 g/mol. The Morgan fingerprint density at radius 2 is 1.85 bits per heavy atom. The Balaban J connectivity index is 0.000000333.